The molecule has 0 saturated carbocycles. The molecule has 0 spiro atoms. The average molecular weight is 372 g/mol. The molecule has 1 aromatic carbocycles. The third kappa shape index (κ3) is 3.89. The van der Waals surface area contributed by atoms with Crippen molar-refractivity contribution in [1.29, 1.82) is 0 Å². The van der Waals surface area contributed by atoms with E-state index in [9.17, 15) is 14.4 Å². The fourth-order valence-corrected chi connectivity index (χ4v) is 3.79. The Labute approximate surface area is 158 Å². The van der Waals surface area contributed by atoms with E-state index in [-0.39, 0.29) is 18.0 Å². The minimum absolute atomic E-state index is 0.0453. The van der Waals surface area contributed by atoms with Crippen LogP contribution in [-0.4, -0.2) is 53.5 Å². The standard InChI is InChI=1S/C20H24N2O5/c1-26-19(25)20(21-11-6-5-9-18(21)24)10-12-22(17(13-20)14-23)27-15-16-7-3-2-4-8-16/h2-4,7-8H,5-6,9-13,15H2,1H3. The van der Waals surface area contributed by atoms with Gasteiger partial charge in [0, 0.05) is 32.4 Å². The normalized spacial score (nSPS) is 23.1. The highest BCUT2D eigenvalue weighted by atomic mass is 16.7. The molecular formula is C20H24N2O5. The number of hydrogen-bond donors (Lipinski definition) is 0. The van der Waals surface area contributed by atoms with Gasteiger partial charge in [-0.3, -0.25) is 9.63 Å². The van der Waals surface area contributed by atoms with Gasteiger partial charge in [-0.05, 0) is 18.4 Å². The minimum Gasteiger partial charge on any atom is -0.467 e. The number of esters is 1. The number of benzene rings is 1. The van der Waals surface area contributed by atoms with E-state index in [1.54, 1.807) is 4.90 Å². The number of rotatable bonds is 5. The summed E-state index contributed by atoms with van der Waals surface area (Å²) in [5.41, 5.74) is 0.0331. The minimum atomic E-state index is -1.16. The zero-order valence-corrected chi connectivity index (χ0v) is 15.5. The van der Waals surface area contributed by atoms with Crippen LogP contribution in [-0.2, 0) is 30.6 Å². The summed E-state index contributed by atoms with van der Waals surface area (Å²) in [5, 5.41) is 1.48. The zero-order valence-electron chi connectivity index (χ0n) is 15.5. The molecule has 2 fully saturated rings. The van der Waals surface area contributed by atoms with Crippen molar-refractivity contribution in [3.63, 3.8) is 0 Å². The number of likely N-dealkylation sites (tertiary alicyclic amines) is 1. The summed E-state index contributed by atoms with van der Waals surface area (Å²) in [5.74, 6) is 1.33. The Kier molecular flexibility index (Phi) is 5.94. The van der Waals surface area contributed by atoms with E-state index in [0.717, 1.165) is 18.4 Å². The van der Waals surface area contributed by atoms with Gasteiger partial charge in [0.25, 0.3) is 0 Å². The van der Waals surface area contributed by atoms with Gasteiger partial charge >= 0.3 is 5.97 Å². The van der Waals surface area contributed by atoms with Crippen LogP contribution in [0.4, 0.5) is 0 Å². The number of amides is 1. The molecule has 27 heavy (non-hydrogen) atoms. The fourth-order valence-electron chi connectivity index (χ4n) is 3.79. The topological polar surface area (TPSA) is 76.2 Å². The highest BCUT2D eigenvalue weighted by molar-refractivity contribution is 5.89. The molecule has 2 aliphatic rings. The van der Waals surface area contributed by atoms with Gasteiger partial charge in [0.15, 0.2) is 0 Å². The third-order valence-corrected chi connectivity index (χ3v) is 5.24. The molecule has 1 amide bonds. The predicted octanol–water partition coefficient (Wildman–Crippen LogP) is 1.85. The molecule has 0 N–H and O–H groups in total. The molecule has 0 bridgehead atoms. The van der Waals surface area contributed by atoms with Crippen molar-refractivity contribution in [2.45, 2.75) is 44.2 Å². The van der Waals surface area contributed by atoms with Gasteiger partial charge in [0.1, 0.15) is 17.2 Å². The van der Waals surface area contributed by atoms with Crippen LogP contribution in [0, 0.1) is 0 Å². The van der Waals surface area contributed by atoms with Crippen molar-refractivity contribution < 1.29 is 24.0 Å². The SMILES string of the molecule is COC(=O)C1(N2CCCCC2=O)CCN(OCc2ccccc2)C(=C=O)C1. The summed E-state index contributed by atoms with van der Waals surface area (Å²) in [6.07, 6.45) is 2.44. The molecule has 1 unspecified atom stereocenters. The number of carbonyl (C=O) groups excluding carboxylic acids is 3. The van der Waals surface area contributed by atoms with Crippen molar-refractivity contribution in [1.82, 2.24) is 9.96 Å². The highest BCUT2D eigenvalue weighted by Gasteiger charge is 2.51. The largest absolute Gasteiger partial charge is 0.467 e. The molecule has 2 saturated heterocycles. The molecule has 2 aliphatic heterocycles. The van der Waals surface area contributed by atoms with Gasteiger partial charge in [-0.25, -0.2) is 14.7 Å². The Morgan fingerprint density at radius 3 is 2.67 bits per heavy atom. The second kappa shape index (κ2) is 8.37. The third-order valence-electron chi connectivity index (χ3n) is 5.24. The van der Waals surface area contributed by atoms with E-state index in [1.807, 2.05) is 36.3 Å². The van der Waals surface area contributed by atoms with Crippen molar-refractivity contribution in [2.75, 3.05) is 20.2 Å². The molecule has 0 aromatic heterocycles. The molecule has 7 heteroatoms. The smallest absolute Gasteiger partial charge is 0.332 e. The van der Waals surface area contributed by atoms with Gasteiger partial charge in [-0.15, -0.1) is 0 Å². The summed E-state index contributed by atoms with van der Waals surface area (Å²) < 4.78 is 5.02. The van der Waals surface area contributed by atoms with Crippen LogP contribution in [0.15, 0.2) is 36.0 Å². The van der Waals surface area contributed by atoms with Crippen LogP contribution in [0.25, 0.3) is 0 Å². The lowest BCUT2D eigenvalue weighted by atomic mass is 9.83. The Hall–Kier alpha value is -2.63. The summed E-state index contributed by atoms with van der Waals surface area (Å²) in [4.78, 5) is 44.1. The first-order chi connectivity index (χ1) is 13.1. The van der Waals surface area contributed by atoms with Crippen LogP contribution in [0.3, 0.4) is 0 Å². The Bertz CT molecular complexity index is 744. The van der Waals surface area contributed by atoms with Crippen LogP contribution in [0.2, 0.25) is 0 Å². The number of methoxy groups -OCH3 is 1. The highest BCUT2D eigenvalue weighted by Crippen LogP contribution is 2.37. The van der Waals surface area contributed by atoms with Gasteiger partial charge in [-0.1, -0.05) is 30.3 Å². The lowest BCUT2D eigenvalue weighted by molar-refractivity contribution is -0.185. The van der Waals surface area contributed by atoms with Gasteiger partial charge in [0.05, 0.1) is 13.7 Å². The van der Waals surface area contributed by atoms with Crippen LogP contribution in [0.1, 0.15) is 37.7 Å². The molecule has 0 aliphatic carbocycles. The monoisotopic (exact) mass is 372 g/mol. The lowest BCUT2D eigenvalue weighted by Crippen LogP contribution is -2.62. The van der Waals surface area contributed by atoms with Crippen molar-refractivity contribution in [3.8, 4) is 0 Å². The maximum Gasteiger partial charge on any atom is 0.332 e. The molecule has 144 valence electrons. The number of ether oxygens (including phenoxy) is 1. The number of carbonyl (C=O) groups is 2. The number of hydroxylamine groups is 2. The number of nitrogens with zero attached hydrogens (tertiary/aromatic N) is 2. The first-order valence-corrected chi connectivity index (χ1v) is 9.18. The molecule has 3 rings (SSSR count). The lowest BCUT2D eigenvalue weighted by Gasteiger charge is -2.47. The first-order valence-electron chi connectivity index (χ1n) is 9.18. The van der Waals surface area contributed by atoms with Crippen molar-refractivity contribution >= 4 is 17.8 Å². The van der Waals surface area contributed by atoms with E-state index < -0.39 is 11.5 Å². The van der Waals surface area contributed by atoms with E-state index in [0.29, 0.717) is 32.5 Å². The molecule has 1 aromatic rings. The Balaban J connectivity index is 1.78. The number of hydrogen-bond acceptors (Lipinski definition) is 6. The first kappa shape index (κ1) is 19.1. The fraction of sp³-hybridized carbons (Fsp3) is 0.500. The van der Waals surface area contributed by atoms with E-state index >= 15 is 0 Å². The van der Waals surface area contributed by atoms with Crippen molar-refractivity contribution in [3.05, 3.63) is 41.6 Å². The Morgan fingerprint density at radius 2 is 2.00 bits per heavy atom. The molecule has 2 heterocycles. The maximum atomic E-state index is 12.7. The van der Waals surface area contributed by atoms with E-state index in [1.165, 1.54) is 12.2 Å². The number of piperidine rings is 2. The van der Waals surface area contributed by atoms with Crippen LogP contribution >= 0.6 is 0 Å². The maximum absolute atomic E-state index is 12.7. The van der Waals surface area contributed by atoms with Gasteiger partial charge in [-0.2, -0.15) is 0 Å². The van der Waals surface area contributed by atoms with Gasteiger partial charge in [0.2, 0.25) is 5.91 Å². The summed E-state index contributed by atoms with van der Waals surface area (Å²) >= 11 is 0. The second-order valence-corrected chi connectivity index (χ2v) is 6.86. The Morgan fingerprint density at radius 1 is 1.22 bits per heavy atom. The summed E-state index contributed by atoms with van der Waals surface area (Å²) in [6.45, 7) is 1.10. The van der Waals surface area contributed by atoms with E-state index in [2.05, 4.69) is 0 Å². The van der Waals surface area contributed by atoms with Crippen LogP contribution < -0.4 is 0 Å². The van der Waals surface area contributed by atoms with E-state index in [4.69, 9.17) is 9.57 Å². The quantitative estimate of drug-likeness (QED) is 0.580. The molecule has 0 radical (unpaired) electrons. The zero-order chi connectivity index (χ0) is 19.3. The molecule has 1 atom stereocenters. The predicted molar refractivity (Wildman–Crippen MR) is 96.7 cm³/mol. The van der Waals surface area contributed by atoms with Crippen molar-refractivity contribution in [2.24, 2.45) is 0 Å². The second-order valence-electron chi connectivity index (χ2n) is 6.86. The van der Waals surface area contributed by atoms with Crippen LogP contribution in [0.5, 0.6) is 0 Å². The summed E-state index contributed by atoms with van der Waals surface area (Å²) in [6, 6.07) is 9.60. The molecular weight excluding hydrogens is 348 g/mol. The molecule has 7 nitrogen and oxygen atoms in total. The summed E-state index contributed by atoms with van der Waals surface area (Å²) in [7, 11) is 1.31. The average Bonchev–Trinajstić information content (AvgIpc) is 2.72. The van der Waals surface area contributed by atoms with Gasteiger partial charge < -0.3 is 9.64 Å².